The van der Waals surface area contributed by atoms with Crippen LogP contribution in [-0.2, 0) is 10.0 Å². The van der Waals surface area contributed by atoms with E-state index in [1.54, 1.807) is 18.2 Å². The molecule has 0 aliphatic carbocycles. The predicted octanol–water partition coefficient (Wildman–Crippen LogP) is 3.70. The molecule has 1 N–H and O–H groups in total. The molecule has 0 aromatic heterocycles. The molecule has 0 bridgehead atoms. The highest BCUT2D eigenvalue weighted by atomic mass is 79.9. The second-order valence-electron chi connectivity index (χ2n) is 4.05. The number of hydrogen-bond donors (Lipinski definition) is 1. The molecule has 0 amide bonds. The SMILES string of the molecule is Cc1cccc(NS(=O)(=O)c2ccc(Br)c(F)c2)c1. The van der Waals surface area contributed by atoms with Crippen molar-refractivity contribution in [3.8, 4) is 0 Å². The molecular weight excluding hydrogens is 333 g/mol. The molecule has 2 aromatic carbocycles. The van der Waals surface area contributed by atoms with Gasteiger partial charge in [0.1, 0.15) is 5.82 Å². The Morgan fingerprint density at radius 3 is 2.53 bits per heavy atom. The van der Waals surface area contributed by atoms with E-state index < -0.39 is 15.8 Å². The van der Waals surface area contributed by atoms with Crippen LogP contribution in [0.3, 0.4) is 0 Å². The second kappa shape index (κ2) is 5.30. The van der Waals surface area contributed by atoms with E-state index in [0.717, 1.165) is 11.6 Å². The first kappa shape index (κ1) is 14.0. The van der Waals surface area contributed by atoms with Gasteiger partial charge in [-0.15, -0.1) is 0 Å². The summed E-state index contributed by atoms with van der Waals surface area (Å²) in [5.74, 6) is -0.618. The Labute approximate surface area is 119 Å². The molecule has 19 heavy (non-hydrogen) atoms. The van der Waals surface area contributed by atoms with E-state index in [4.69, 9.17) is 0 Å². The molecule has 0 unspecified atom stereocenters. The normalized spacial score (nSPS) is 11.3. The van der Waals surface area contributed by atoms with Crippen molar-refractivity contribution in [3.63, 3.8) is 0 Å². The minimum absolute atomic E-state index is 0.116. The number of anilines is 1. The highest BCUT2D eigenvalue weighted by molar-refractivity contribution is 9.10. The van der Waals surface area contributed by atoms with Crippen LogP contribution in [0.25, 0.3) is 0 Å². The molecule has 0 heterocycles. The van der Waals surface area contributed by atoms with Gasteiger partial charge in [-0.05, 0) is 58.7 Å². The quantitative estimate of drug-likeness (QED) is 0.923. The third-order valence-electron chi connectivity index (χ3n) is 2.47. The molecule has 100 valence electrons. The molecule has 2 rings (SSSR count). The average Bonchev–Trinajstić information content (AvgIpc) is 2.32. The zero-order valence-electron chi connectivity index (χ0n) is 10.0. The van der Waals surface area contributed by atoms with Crippen molar-refractivity contribution < 1.29 is 12.8 Å². The third-order valence-corrected chi connectivity index (χ3v) is 4.49. The van der Waals surface area contributed by atoms with E-state index >= 15 is 0 Å². The first-order valence-corrected chi connectivity index (χ1v) is 7.71. The average molecular weight is 344 g/mol. The zero-order chi connectivity index (χ0) is 14.0. The maximum atomic E-state index is 13.4. The maximum absolute atomic E-state index is 13.4. The van der Waals surface area contributed by atoms with Crippen molar-refractivity contribution in [1.29, 1.82) is 0 Å². The molecule has 0 spiro atoms. The topological polar surface area (TPSA) is 46.2 Å². The number of nitrogens with one attached hydrogen (secondary N) is 1. The summed E-state index contributed by atoms with van der Waals surface area (Å²) in [7, 11) is -3.78. The lowest BCUT2D eigenvalue weighted by Crippen LogP contribution is -2.13. The van der Waals surface area contributed by atoms with Gasteiger partial charge in [-0.3, -0.25) is 4.72 Å². The molecule has 0 fully saturated rings. The molecule has 2 aromatic rings. The fraction of sp³-hybridized carbons (Fsp3) is 0.0769. The lowest BCUT2D eigenvalue weighted by atomic mass is 10.2. The highest BCUT2D eigenvalue weighted by Gasteiger charge is 2.16. The van der Waals surface area contributed by atoms with Crippen LogP contribution in [0, 0.1) is 12.7 Å². The molecule has 3 nitrogen and oxygen atoms in total. The Kier molecular flexibility index (Phi) is 3.91. The Morgan fingerprint density at radius 2 is 1.89 bits per heavy atom. The largest absolute Gasteiger partial charge is 0.280 e. The summed E-state index contributed by atoms with van der Waals surface area (Å²) < 4.78 is 40.2. The van der Waals surface area contributed by atoms with E-state index in [9.17, 15) is 12.8 Å². The van der Waals surface area contributed by atoms with Gasteiger partial charge in [-0.2, -0.15) is 0 Å². The number of halogens is 2. The Balaban J connectivity index is 2.35. The van der Waals surface area contributed by atoms with Crippen LogP contribution in [0.1, 0.15) is 5.56 Å². The molecule has 0 aliphatic rings. The summed E-state index contributed by atoms with van der Waals surface area (Å²) in [6.45, 7) is 1.86. The zero-order valence-corrected chi connectivity index (χ0v) is 12.4. The van der Waals surface area contributed by atoms with Gasteiger partial charge in [0.05, 0.1) is 9.37 Å². The fourth-order valence-corrected chi connectivity index (χ4v) is 2.87. The van der Waals surface area contributed by atoms with Gasteiger partial charge in [0.15, 0.2) is 0 Å². The van der Waals surface area contributed by atoms with Crippen LogP contribution in [0.5, 0.6) is 0 Å². The van der Waals surface area contributed by atoms with Crippen molar-refractivity contribution in [1.82, 2.24) is 0 Å². The minimum atomic E-state index is -3.78. The summed E-state index contributed by atoms with van der Waals surface area (Å²) in [6.07, 6.45) is 0. The van der Waals surface area contributed by atoms with Crippen LogP contribution in [0.15, 0.2) is 51.8 Å². The van der Waals surface area contributed by atoms with Crippen LogP contribution in [0.2, 0.25) is 0 Å². The number of sulfonamides is 1. The fourth-order valence-electron chi connectivity index (χ4n) is 1.57. The smallest absolute Gasteiger partial charge is 0.261 e. The number of hydrogen-bond acceptors (Lipinski definition) is 2. The summed E-state index contributed by atoms with van der Waals surface area (Å²) in [5.41, 5.74) is 1.38. The Morgan fingerprint density at radius 1 is 1.16 bits per heavy atom. The number of rotatable bonds is 3. The standard InChI is InChI=1S/C13H11BrFNO2S/c1-9-3-2-4-10(7-9)16-19(17,18)11-5-6-12(14)13(15)8-11/h2-8,16H,1H3. The van der Waals surface area contributed by atoms with Gasteiger partial charge >= 0.3 is 0 Å². The van der Waals surface area contributed by atoms with Crippen molar-refractivity contribution in [3.05, 3.63) is 58.3 Å². The Hall–Kier alpha value is -1.40. The molecule has 0 radical (unpaired) electrons. The van der Waals surface area contributed by atoms with E-state index in [1.807, 2.05) is 13.0 Å². The van der Waals surface area contributed by atoms with Crippen molar-refractivity contribution in [2.75, 3.05) is 4.72 Å². The lowest BCUT2D eigenvalue weighted by Gasteiger charge is -2.09. The Bertz CT molecular complexity index is 716. The highest BCUT2D eigenvalue weighted by Crippen LogP contribution is 2.21. The van der Waals surface area contributed by atoms with Gasteiger partial charge in [0, 0.05) is 5.69 Å². The molecule has 0 saturated heterocycles. The van der Waals surface area contributed by atoms with Gasteiger partial charge in [0.25, 0.3) is 10.0 Å². The minimum Gasteiger partial charge on any atom is -0.280 e. The summed E-state index contributed by atoms with van der Waals surface area (Å²) >= 11 is 2.98. The van der Waals surface area contributed by atoms with Gasteiger partial charge in [-0.25, -0.2) is 12.8 Å². The van der Waals surface area contributed by atoms with Crippen LogP contribution in [0.4, 0.5) is 10.1 Å². The molecule has 0 saturated carbocycles. The van der Waals surface area contributed by atoms with Crippen molar-refractivity contribution in [2.24, 2.45) is 0 Å². The monoisotopic (exact) mass is 343 g/mol. The van der Waals surface area contributed by atoms with E-state index in [2.05, 4.69) is 20.7 Å². The number of aryl methyl sites for hydroxylation is 1. The predicted molar refractivity (Wildman–Crippen MR) is 76.1 cm³/mol. The number of benzene rings is 2. The van der Waals surface area contributed by atoms with Crippen LogP contribution < -0.4 is 4.72 Å². The third kappa shape index (κ3) is 3.33. The molecule has 0 atom stereocenters. The first-order chi connectivity index (χ1) is 8.88. The molecule has 0 aliphatic heterocycles. The van der Waals surface area contributed by atoms with E-state index in [-0.39, 0.29) is 9.37 Å². The van der Waals surface area contributed by atoms with Crippen LogP contribution in [-0.4, -0.2) is 8.42 Å². The summed E-state index contributed by atoms with van der Waals surface area (Å²) in [6, 6.07) is 10.6. The van der Waals surface area contributed by atoms with Crippen molar-refractivity contribution >= 4 is 31.6 Å². The lowest BCUT2D eigenvalue weighted by molar-refractivity contribution is 0.593. The van der Waals surface area contributed by atoms with Gasteiger partial charge in [0.2, 0.25) is 0 Å². The van der Waals surface area contributed by atoms with Crippen molar-refractivity contribution in [2.45, 2.75) is 11.8 Å². The molecule has 6 heteroatoms. The maximum Gasteiger partial charge on any atom is 0.261 e. The van der Waals surface area contributed by atoms with Gasteiger partial charge < -0.3 is 0 Å². The first-order valence-electron chi connectivity index (χ1n) is 5.43. The van der Waals surface area contributed by atoms with E-state index in [1.165, 1.54) is 12.1 Å². The summed E-state index contributed by atoms with van der Waals surface area (Å²) in [4.78, 5) is -0.116. The van der Waals surface area contributed by atoms with Crippen LogP contribution >= 0.6 is 15.9 Å². The second-order valence-corrected chi connectivity index (χ2v) is 6.59. The van der Waals surface area contributed by atoms with Gasteiger partial charge in [-0.1, -0.05) is 12.1 Å². The molecular formula is C13H11BrFNO2S. The van der Waals surface area contributed by atoms with E-state index in [0.29, 0.717) is 5.69 Å². The summed E-state index contributed by atoms with van der Waals surface area (Å²) in [5, 5.41) is 0.